The molecule has 0 aliphatic carbocycles. The van der Waals surface area contributed by atoms with E-state index >= 15 is 0 Å². The molecule has 2 atom stereocenters. The maximum Gasteiger partial charge on any atom is 0.253 e. The summed E-state index contributed by atoms with van der Waals surface area (Å²) in [6.45, 7) is 7.12. The number of nitrogens with zero attached hydrogens (tertiary/aromatic N) is 1. The lowest BCUT2D eigenvalue weighted by Crippen LogP contribution is -2.55. The third-order valence-electron chi connectivity index (χ3n) is 3.37. The smallest absolute Gasteiger partial charge is 0.253 e. The maximum absolute atomic E-state index is 12.1. The largest absolute Gasteiger partial charge is 0.341 e. The van der Waals surface area contributed by atoms with Crippen LogP contribution in [0.25, 0.3) is 0 Å². The molecule has 2 N–H and O–H groups in total. The third kappa shape index (κ3) is 2.44. The van der Waals surface area contributed by atoms with Gasteiger partial charge in [0.2, 0.25) is 0 Å². The lowest BCUT2D eigenvalue weighted by Gasteiger charge is -2.36. The Bertz CT molecular complexity index is 343. The lowest BCUT2D eigenvalue weighted by molar-refractivity contribution is -0.124. The van der Waals surface area contributed by atoms with Gasteiger partial charge in [0.1, 0.15) is 5.54 Å². The molecular formula is C12H21N3OS. The molecule has 2 fully saturated rings. The second kappa shape index (κ2) is 4.88. The van der Waals surface area contributed by atoms with Crippen molar-refractivity contribution in [3.8, 4) is 0 Å². The highest BCUT2D eigenvalue weighted by Gasteiger charge is 2.50. The number of guanidine groups is 1. The van der Waals surface area contributed by atoms with Crippen LogP contribution in [0, 0.1) is 5.92 Å². The van der Waals surface area contributed by atoms with Gasteiger partial charge >= 0.3 is 0 Å². The molecule has 2 unspecified atom stereocenters. The van der Waals surface area contributed by atoms with E-state index < -0.39 is 5.54 Å². The number of hydrogen-bond acceptors (Lipinski definition) is 3. The standard InChI is InChI=1S/C12H21N3OS/c1-8(2)7-13-11-14-10(16)12(15-11)5-4-6-17-9(12)3/h8-9H,4-7H2,1-3H3,(H2,13,14,15,16). The molecule has 0 aromatic heterocycles. The Labute approximate surface area is 107 Å². The van der Waals surface area contributed by atoms with Gasteiger partial charge in [0.05, 0.1) is 0 Å². The summed E-state index contributed by atoms with van der Waals surface area (Å²) in [6, 6.07) is 0. The third-order valence-corrected chi connectivity index (χ3v) is 4.80. The van der Waals surface area contributed by atoms with Gasteiger partial charge in [0.25, 0.3) is 5.91 Å². The molecular weight excluding hydrogens is 234 g/mol. The molecule has 4 nitrogen and oxygen atoms in total. The van der Waals surface area contributed by atoms with Crippen molar-refractivity contribution in [2.75, 3.05) is 12.3 Å². The molecule has 0 bridgehead atoms. The zero-order valence-electron chi connectivity index (χ0n) is 10.7. The van der Waals surface area contributed by atoms with Crippen LogP contribution in [0.1, 0.15) is 33.6 Å². The molecule has 96 valence electrons. The number of carbonyl (C=O) groups excluding carboxylic acids is 1. The van der Waals surface area contributed by atoms with Crippen molar-refractivity contribution >= 4 is 23.6 Å². The first-order valence-electron chi connectivity index (χ1n) is 6.30. The van der Waals surface area contributed by atoms with Crippen molar-refractivity contribution in [3.63, 3.8) is 0 Å². The Morgan fingerprint density at radius 2 is 2.35 bits per heavy atom. The summed E-state index contributed by atoms with van der Waals surface area (Å²) in [5.41, 5.74) is -0.418. The van der Waals surface area contributed by atoms with E-state index in [1.54, 1.807) is 0 Å². The minimum Gasteiger partial charge on any atom is -0.341 e. The van der Waals surface area contributed by atoms with Crippen LogP contribution in [0.15, 0.2) is 4.99 Å². The van der Waals surface area contributed by atoms with E-state index in [1.807, 2.05) is 11.8 Å². The van der Waals surface area contributed by atoms with Crippen molar-refractivity contribution in [1.82, 2.24) is 10.6 Å². The average molecular weight is 255 g/mol. The summed E-state index contributed by atoms with van der Waals surface area (Å²) in [5.74, 6) is 2.42. The van der Waals surface area contributed by atoms with Crippen LogP contribution < -0.4 is 10.6 Å². The first kappa shape index (κ1) is 12.7. The van der Waals surface area contributed by atoms with Crippen LogP contribution in [0.5, 0.6) is 0 Å². The van der Waals surface area contributed by atoms with E-state index in [1.165, 1.54) is 0 Å². The number of amides is 1. The molecule has 0 saturated carbocycles. The fourth-order valence-electron chi connectivity index (χ4n) is 2.29. The van der Waals surface area contributed by atoms with Crippen LogP contribution in [0.4, 0.5) is 0 Å². The number of thioether (sulfide) groups is 1. The molecule has 2 rings (SSSR count). The molecule has 2 heterocycles. The highest BCUT2D eigenvalue weighted by Crippen LogP contribution is 2.35. The summed E-state index contributed by atoms with van der Waals surface area (Å²) >= 11 is 1.87. The van der Waals surface area contributed by atoms with Gasteiger partial charge in [-0.3, -0.25) is 15.1 Å². The molecule has 2 saturated heterocycles. The van der Waals surface area contributed by atoms with E-state index in [9.17, 15) is 4.79 Å². The van der Waals surface area contributed by atoms with Crippen molar-refractivity contribution in [3.05, 3.63) is 0 Å². The zero-order chi connectivity index (χ0) is 12.5. The van der Waals surface area contributed by atoms with Crippen molar-refractivity contribution in [2.45, 2.75) is 44.4 Å². The van der Waals surface area contributed by atoms with E-state index in [4.69, 9.17) is 0 Å². The number of nitrogens with one attached hydrogen (secondary N) is 2. The van der Waals surface area contributed by atoms with Gasteiger partial charge in [-0.25, -0.2) is 0 Å². The Balaban J connectivity index is 2.11. The first-order chi connectivity index (χ1) is 8.04. The van der Waals surface area contributed by atoms with Crippen LogP contribution in [-0.2, 0) is 4.79 Å². The first-order valence-corrected chi connectivity index (χ1v) is 7.35. The average Bonchev–Trinajstić information content (AvgIpc) is 2.59. The Hall–Kier alpha value is -0.710. The van der Waals surface area contributed by atoms with E-state index in [0.29, 0.717) is 17.1 Å². The number of aliphatic imine (C=N–C) groups is 1. The lowest BCUT2D eigenvalue weighted by atomic mass is 9.90. The van der Waals surface area contributed by atoms with Crippen molar-refractivity contribution < 1.29 is 4.79 Å². The summed E-state index contributed by atoms with van der Waals surface area (Å²) in [5, 5.41) is 6.52. The molecule has 2 aliphatic rings. The van der Waals surface area contributed by atoms with Crippen LogP contribution in [0.2, 0.25) is 0 Å². The second-order valence-electron chi connectivity index (χ2n) is 5.25. The molecule has 1 spiro atoms. The maximum atomic E-state index is 12.1. The number of hydrogen-bond donors (Lipinski definition) is 2. The summed E-state index contributed by atoms with van der Waals surface area (Å²) < 4.78 is 0. The van der Waals surface area contributed by atoms with Crippen molar-refractivity contribution in [2.24, 2.45) is 10.9 Å². The van der Waals surface area contributed by atoms with Gasteiger partial charge in [0, 0.05) is 11.8 Å². The quantitative estimate of drug-likeness (QED) is 0.783. The van der Waals surface area contributed by atoms with E-state index in [0.717, 1.165) is 25.1 Å². The van der Waals surface area contributed by atoms with Gasteiger partial charge in [-0.05, 0) is 24.5 Å². The topological polar surface area (TPSA) is 53.5 Å². The predicted octanol–water partition coefficient (Wildman–Crippen LogP) is 1.37. The predicted molar refractivity (Wildman–Crippen MR) is 72.3 cm³/mol. The van der Waals surface area contributed by atoms with Crippen molar-refractivity contribution in [1.29, 1.82) is 0 Å². The second-order valence-corrected chi connectivity index (χ2v) is 6.70. The minimum atomic E-state index is -0.418. The fraction of sp³-hybridized carbons (Fsp3) is 0.833. The molecule has 1 amide bonds. The molecule has 5 heteroatoms. The highest BCUT2D eigenvalue weighted by atomic mass is 32.2. The molecule has 0 aromatic carbocycles. The summed E-state index contributed by atoms with van der Waals surface area (Å²) in [4.78, 5) is 16.6. The number of carbonyl (C=O) groups is 1. The van der Waals surface area contributed by atoms with Gasteiger partial charge < -0.3 is 5.32 Å². The SMILES string of the molecule is CC(C)CN=C1NC(=O)C2(CCCSC2C)N1. The normalized spacial score (nSPS) is 35.4. The Morgan fingerprint density at radius 3 is 3.00 bits per heavy atom. The van der Waals surface area contributed by atoms with Gasteiger partial charge in [0.15, 0.2) is 5.96 Å². The van der Waals surface area contributed by atoms with Crippen LogP contribution >= 0.6 is 11.8 Å². The number of rotatable bonds is 2. The van der Waals surface area contributed by atoms with Crippen LogP contribution in [-0.4, -0.2) is 35.0 Å². The van der Waals surface area contributed by atoms with E-state index in [2.05, 4.69) is 36.4 Å². The van der Waals surface area contributed by atoms with Gasteiger partial charge in [-0.1, -0.05) is 20.8 Å². The van der Waals surface area contributed by atoms with Gasteiger partial charge in [-0.2, -0.15) is 11.8 Å². The zero-order valence-corrected chi connectivity index (χ0v) is 11.6. The van der Waals surface area contributed by atoms with Gasteiger partial charge in [-0.15, -0.1) is 0 Å². The summed E-state index contributed by atoms with van der Waals surface area (Å²) in [7, 11) is 0. The monoisotopic (exact) mass is 255 g/mol. The van der Waals surface area contributed by atoms with E-state index in [-0.39, 0.29) is 5.91 Å². The van der Waals surface area contributed by atoms with Crippen LogP contribution in [0.3, 0.4) is 0 Å². The Morgan fingerprint density at radius 1 is 1.59 bits per heavy atom. The highest BCUT2D eigenvalue weighted by molar-refractivity contribution is 8.00. The summed E-state index contributed by atoms with van der Waals surface area (Å²) in [6.07, 6.45) is 2.00. The molecule has 0 aromatic rings. The molecule has 2 aliphatic heterocycles. The molecule has 17 heavy (non-hydrogen) atoms. The Kier molecular flexibility index (Phi) is 3.66. The minimum absolute atomic E-state index is 0.0970. The fourth-order valence-corrected chi connectivity index (χ4v) is 3.52. The molecule has 0 radical (unpaired) electrons.